The van der Waals surface area contributed by atoms with Gasteiger partial charge in [0, 0.05) is 25.3 Å². The third kappa shape index (κ3) is 3.95. The van der Waals surface area contributed by atoms with Crippen molar-refractivity contribution >= 4 is 23.2 Å². The van der Waals surface area contributed by atoms with Crippen molar-refractivity contribution in [2.24, 2.45) is 5.92 Å². The predicted molar refractivity (Wildman–Crippen MR) is 105 cm³/mol. The van der Waals surface area contributed by atoms with Crippen molar-refractivity contribution in [1.82, 2.24) is 20.3 Å². The maximum atomic E-state index is 12.4. The number of carbonyl (C=O) groups is 1. The molecule has 2 aromatic carbocycles. The zero-order valence-electron chi connectivity index (χ0n) is 14.8. The van der Waals surface area contributed by atoms with Gasteiger partial charge in [0.15, 0.2) is 5.69 Å². The highest BCUT2D eigenvalue weighted by molar-refractivity contribution is 6.32. The van der Waals surface area contributed by atoms with Crippen LogP contribution < -0.4 is 10.2 Å². The Hall–Kier alpha value is -2.86. The lowest BCUT2D eigenvalue weighted by Gasteiger charge is -2.18. The Morgan fingerprint density at radius 1 is 1.15 bits per heavy atom. The molecule has 0 aliphatic carbocycles. The van der Waals surface area contributed by atoms with Crippen molar-refractivity contribution in [2.75, 3.05) is 24.5 Å². The molecular formula is C20H20ClN5O. The monoisotopic (exact) mass is 381 g/mol. The number of halogens is 1. The van der Waals surface area contributed by atoms with Crippen molar-refractivity contribution in [3.8, 4) is 5.69 Å². The molecule has 1 aliphatic heterocycles. The van der Waals surface area contributed by atoms with E-state index in [1.54, 1.807) is 12.3 Å². The van der Waals surface area contributed by atoms with E-state index in [-0.39, 0.29) is 11.6 Å². The molecule has 0 spiro atoms. The summed E-state index contributed by atoms with van der Waals surface area (Å²) in [5.41, 5.74) is 2.21. The molecule has 27 heavy (non-hydrogen) atoms. The average molecular weight is 382 g/mol. The Morgan fingerprint density at radius 3 is 2.74 bits per heavy atom. The van der Waals surface area contributed by atoms with E-state index in [9.17, 15) is 4.79 Å². The lowest BCUT2D eigenvalue weighted by molar-refractivity contribution is 0.0943. The number of amides is 1. The van der Waals surface area contributed by atoms with Gasteiger partial charge in [0.05, 0.1) is 16.9 Å². The zero-order valence-corrected chi connectivity index (χ0v) is 15.5. The fourth-order valence-corrected chi connectivity index (χ4v) is 3.55. The highest BCUT2D eigenvalue weighted by atomic mass is 35.5. The Kier molecular flexibility index (Phi) is 5.07. The molecule has 0 saturated carbocycles. The highest BCUT2D eigenvalue weighted by Gasteiger charge is 2.23. The van der Waals surface area contributed by atoms with Crippen LogP contribution in [-0.2, 0) is 0 Å². The molecule has 4 rings (SSSR count). The fraction of sp³-hybridized carbons (Fsp3) is 0.250. The van der Waals surface area contributed by atoms with E-state index in [0.717, 1.165) is 19.5 Å². The van der Waals surface area contributed by atoms with Crippen molar-refractivity contribution in [3.05, 3.63) is 71.5 Å². The van der Waals surface area contributed by atoms with Gasteiger partial charge in [0.1, 0.15) is 0 Å². The second-order valence-electron chi connectivity index (χ2n) is 6.65. The van der Waals surface area contributed by atoms with Crippen LogP contribution in [0.1, 0.15) is 16.9 Å². The average Bonchev–Trinajstić information content (AvgIpc) is 3.37. The topological polar surface area (TPSA) is 63.1 Å². The van der Waals surface area contributed by atoms with Crippen LogP contribution in [0, 0.1) is 5.92 Å². The molecule has 1 N–H and O–H groups in total. The highest BCUT2D eigenvalue weighted by Crippen LogP contribution is 2.23. The second kappa shape index (κ2) is 7.80. The number of rotatable bonds is 5. The van der Waals surface area contributed by atoms with Gasteiger partial charge in [-0.3, -0.25) is 4.79 Å². The van der Waals surface area contributed by atoms with Gasteiger partial charge in [-0.25, -0.2) is 4.68 Å². The van der Waals surface area contributed by atoms with E-state index >= 15 is 0 Å². The number of nitrogens with zero attached hydrogens (tertiary/aromatic N) is 4. The minimum absolute atomic E-state index is 0.216. The van der Waals surface area contributed by atoms with Crippen molar-refractivity contribution in [3.63, 3.8) is 0 Å². The van der Waals surface area contributed by atoms with E-state index < -0.39 is 0 Å². The first-order valence-electron chi connectivity index (χ1n) is 8.96. The molecule has 1 fully saturated rings. The van der Waals surface area contributed by atoms with Gasteiger partial charge in [0.25, 0.3) is 5.91 Å². The number of hydrogen-bond acceptors (Lipinski definition) is 4. The molecule has 3 aromatic rings. The molecule has 1 unspecified atom stereocenters. The SMILES string of the molecule is O=C(NCC1CCN(c2ccccc2)C1)c1cn(-c2ccccc2Cl)nn1. The van der Waals surface area contributed by atoms with E-state index in [2.05, 4.69) is 32.7 Å². The smallest absolute Gasteiger partial charge is 0.273 e. The summed E-state index contributed by atoms with van der Waals surface area (Å²) in [6, 6.07) is 17.7. The zero-order chi connectivity index (χ0) is 18.6. The number of carbonyl (C=O) groups excluding carboxylic acids is 1. The van der Waals surface area contributed by atoms with Gasteiger partial charge >= 0.3 is 0 Å². The molecule has 1 aliphatic rings. The van der Waals surface area contributed by atoms with Crippen LogP contribution in [0.3, 0.4) is 0 Å². The maximum Gasteiger partial charge on any atom is 0.273 e. The Labute approximate surface area is 162 Å². The van der Waals surface area contributed by atoms with Crippen LogP contribution in [-0.4, -0.2) is 40.5 Å². The molecule has 138 valence electrons. The molecule has 1 amide bonds. The summed E-state index contributed by atoms with van der Waals surface area (Å²) in [7, 11) is 0. The Morgan fingerprint density at radius 2 is 1.93 bits per heavy atom. The minimum Gasteiger partial charge on any atom is -0.371 e. The number of anilines is 1. The van der Waals surface area contributed by atoms with Crippen LogP contribution in [0.2, 0.25) is 5.02 Å². The van der Waals surface area contributed by atoms with Gasteiger partial charge < -0.3 is 10.2 Å². The molecular weight excluding hydrogens is 362 g/mol. The van der Waals surface area contributed by atoms with Crippen molar-refractivity contribution < 1.29 is 4.79 Å². The van der Waals surface area contributed by atoms with Gasteiger partial charge in [0.2, 0.25) is 0 Å². The molecule has 0 radical (unpaired) electrons. The van der Waals surface area contributed by atoms with Gasteiger partial charge in [-0.15, -0.1) is 5.10 Å². The van der Waals surface area contributed by atoms with E-state index in [1.807, 2.05) is 36.4 Å². The standard InChI is InChI=1S/C20H20ClN5O/c21-17-8-4-5-9-19(17)26-14-18(23-24-26)20(27)22-12-15-10-11-25(13-15)16-6-2-1-3-7-16/h1-9,14-15H,10-13H2,(H,22,27). The van der Waals surface area contributed by atoms with E-state index in [0.29, 0.717) is 23.2 Å². The number of benzene rings is 2. The first kappa shape index (κ1) is 17.5. The van der Waals surface area contributed by atoms with Gasteiger partial charge in [-0.05, 0) is 36.6 Å². The largest absolute Gasteiger partial charge is 0.371 e. The molecule has 1 aromatic heterocycles. The van der Waals surface area contributed by atoms with Crippen LogP contribution in [0.5, 0.6) is 0 Å². The number of nitrogens with one attached hydrogen (secondary N) is 1. The molecule has 0 bridgehead atoms. The summed E-state index contributed by atoms with van der Waals surface area (Å²) in [4.78, 5) is 14.8. The van der Waals surface area contributed by atoms with Crippen LogP contribution in [0.25, 0.3) is 5.69 Å². The van der Waals surface area contributed by atoms with Crippen LogP contribution >= 0.6 is 11.6 Å². The third-order valence-corrected chi connectivity index (χ3v) is 5.10. The second-order valence-corrected chi connectivity index (χ2v) is 7.05. The molecule has 6 nitrogen and oxygen atoms in total. The normalized spacial score (nSPS) is 16.5. The van der Waals surface area contributed by atoms with E-state index in [1.165, 1.54) is 10.4 Å². The maximum absolute atomic E-state index is 12.4. The summed E-state index contributed by atoms with van der Waals surface area (Å²) in [5.74, 6) is 0.208. The fourth-order valence-electron chi connectivity index (χ4n) is 3.32. The summed E-state index contributed by atoms with van der Waals surface area (Å²) in [6.07, 6.45) is 2.66. The summed E-state index contributed by atoms with van der Waals surface area (Å²) in [6.45, 7) is 2.57. The summed E-state index contributed by atoms with van der Waals surface area (Å²) in [5, 5.41) is 11.5. The number of para-hydroxylation sites is 2. The lowest BCUT2D eigenvalue weighted by Crippen LogP contribution is -2.31. The quantitative estimate of drug-likeness (QED) is 0.737. The van der Waals surface area contributed by atoms with Gasteiger partial charge in [-0.2, -0.15) is 0 Å². The van der Waals surface area contributed by atoms with Crippen LogP contribution in [0.4, 0.5) is 5.69 Å². The molecule has 7 heteroatoms. The van der Waals surface area contributed by atoms with Crippen molar-refractivity contribution in [1.29, 1.82) is 0 Å². The summed E-state index contributed by atoms with van der Waals surface area (Å²) < 4.78 is 1.52. The first-order chi connectivity index (χ1) is 13.2. The van der Waals surface area contributed by atoms with Crippen LogP contribution in [0.15, 0.2) is 60.8 Å². The first-order valence-corrected chi connectivity index (χ1v) is 9.34. The predicted octanol–water partition coefficient (Wildman–Crippen LogP) is 3.18. The minimum atomic E-state index is -0.216. The molecule has 2 heterocycles. The summed E-state index contributed by atoms with van der Waals surface area (Å²) >= 11 is 6.17. The van der Waals surface area contributed by atoms with E-state index in [4.69, 9.17) is 11.6 Å². The lowest BCUT2D eigenvalue weighted by atomic mass is 10.1. The van der Waals surface area contributed by atoms with Gasteiger partial charge in [-0.1, -0.05) is 47.1 Å². The molecule has 1 saturated heterocycles. The number of hydrogen-bond donors (Lipinski definition) is 1. The Balaban J connectivity index is 1.33. The number of aromatic nitrogens is 3. The Bertz CT molecular complexity index is 927. The third-order valence-electron chi connectivity index (χ3n) is 4.78. The molecule has 1 atom stereocenters. The van der Waals surface area contributed by atoms with Crippen molar-refractivity contribution in [2.45, 2.75) is 6.42 Å².